The number of imidazole rings is 1. The first-order valence-corrected chi connectivity index (χ1v) is 14.7. The fourth-order valence-corrected chi connectivity index (χ4v) is 5.32. The van der Waals surface area contributed by atoms with Crippen molar-refractivity contribution in [2.24, 2.45) is 0 Å². The summed E-state index contributed by atoms with van der Waals surface area (Å²) in [7, 11) is 1.68. The van der Waals surface area contributed by atoms with E-state index in [9.17, 15) is 9.59 Å². The third-order valence-electron chi connectivity index (χ3n) is 7.43. The summed E-state index contributed by atoms with van der Waals surface area (Å²) in [6, 6.07) is 12.3. The number of methoxy groups -OCH3 is 1. The molecule has 4 aromatic rings. The van der Waals surface area contributed by atoms with Crippen LogP contribution < -0.4 is 19.9 Å². The Morgan fingerprint density at radius 3 is 2.44 bits per heavy atom. The number of benzene rings is 2. The molecule has 6 rings (SSSR count). The molecule has 2 saturated heterocycles. The fourth-order valence-electron chi connectivity index (χ4n) is 5.32. The highest BCUT2D eigenvalue weighted by molar-refractivity contribution is 5.91. The van der Waals surface area contributed by atoms with Crippen LogP contribution in [0.1, 0.15) is 33.6 Å². The van der Waals surface area contributed by atoms with E-state index in [1.54, 1.807) is 45.4 Å². The summed E-state index contributed by atoms with van der Waals surface area (Å²) in [4.78, 5) is 46.0. The number of piperazine rings is 1. The molecule has 43 heavy (non-hydrogen) atoms. The van der Waals surface area contributed by atoms with Crippen LogP contribution in [0.2, 0.25) is 0 Å². The summed E-state index contributed by atoms with van der Waals surface area (Å²) in [5, 5.41) is 4.74. The zero-order valence-corrected chi connectivity index (χ0v) is 25.3. The normalized spacial score (nSPS) is 15.3. The van der Waals surface area contributed by atoms with Gasteiger partial charge in [0.05, 0.1) is 13.4 Å². The van der Waals surface area contributed by atoms with Crippen molar-refractivity contribution in [3.8, 4) is 5.75 Å². The molecule has 2 aliphatic heterocycles. The number of amides is 2. The molecule has 0 unspecified atom stereocenters. The summed E-state index contributed by atoms with van der Waals surface area (Å²) in [6.07, 6.45) is 5.17. The van der Waals surface area contributed by atoms with Crippen LogP contribution >= 0.6 is 0 Å². The lowest BCUT2D eigenvalue weighted by Gasteiger charge is -2.36. The van der Waals surface area contributed by atoms with Crippen molar-refractivity contribution in [1.29, 1.82) is 0 Å². The van der Waals surface area contributed by atoms with Crippen molar-refractivity contribution in [1.82, 2.24) is 30.2 Å². The number of hydrogen-bond acceptors (Lipinski definition) is 9. The molecule has 0 saturated carbocycles. The van der Waals surface area contributed by atoms with E-state index in [0.717, 1.165) is 65.4 Å². The molecule has 228 valence electrons. The second-order valence-corrected chi connectivity index (χ2v) is 11.6. The number of anilines is 2. The minimum absolute atomic E-state index is 0.0535. The highest BCUT2D eigenvalue weighted by Gasteiger charge is 2.23. The fraction of sp³-hybridized carbons (Fsp3) is 0.452. The number of rotatable bonds is 5. The average molecular weight is 589 g/mol. The van der Waals surface area contributed by atoms with Gasteiger partial charge in [0.15, 0.2) is 11.5 Å². The van der Waals surface area contributed by atoms with E-state index in [4.69, 9.17) is 9.47 Å². The Labute approximate surface area is 251 Å². The lowest BCUT2D eigenvalue weighted by Crippen LogP contribution is -2.51. The number of nitrogens with zero attached hydrogens (tertiary/aromatic N) is 6. The van der Waals surface area contributed by atoms with Crippen LogP contribution in [0.3, 0.4) is 0 Å². The third-order valence-corrected chi connectivity index (χ3v) is 7.43. The van der Waals surface area contributed by atoms with Crippen LogP contribution in [0.4, 0.5) is 16.3 Å². The molecule has 0 atom stereocenters. The number of nitrogens with one attached hydrogen (secondary N) is 2. The van der Waals surface area contributed by atoms with Crippen LogP contribution in [-0.2, 0) is 9.53 Å². The van der Waals surface area contributed by atoms with Gasteiger partial charge >= 0.3 is 6.09 Å². The topological polar surface area (TPSA) is 129 Å². The number of aromatic nitrogens is 4. The molecule has 4 heterocycles. The first kappa shape index (κ1) is 29.9. The zero-order valence-electron chi connectivity index (χ0n) is 25.3. The van der Waals surface area contributed by atoms with Gasteiger partial charge in [-0.25, -0.2) is 19.7 Å². The van der Waals surface area contributed by atoms with Gasteiger partial charge in [0, 0.05) is 50.3 Å². The number of H-pyrrole nitrogens is 1. The van der Waals surface area contributed by atoms with Crippen molar-refractivity contribution >= 4 is 45.4 Å². The van der Waals surface area contributed by atoms with Gasteiger partial charge in [-0.15, -0.1) is 0 Å². The monoisotopic (exact) mass is 588 g/mol. The molecule has 0 radical (unpaired) electrons. The highest BCUT2D eigenvalue weighted by Crippen LogP contribution is 2.30. The number of carbonyl (C=O) groups is 2. The number of aromatic amines is 1. The maximum absolute atomic E-state index is 12.4. The average Bonchev–Trinajstić information content (AvgIpc) is 3.72. The molecule has 12 heteroatoms. The molecule has 2 amide bonds. The molecule has 2 aromatic heterocycles. The quantitative estimate of drug-likeness (QED) is 0.356. The largest absolute Gasteiger partial charge is 0.496 e. The Kier molecular flexibility index (Phi) is 9.13. The van der Waals surface area contributed by atoms with E-state index in [1.807, 2.05) is 12.1 Å². The Hall–Kier alpha value is -4.61. The van der Waals surface area contributed by atoms with Gasteiger partial charge < -0.3 is 34.5 Å². The van der Waals surface area contributed by atoms with Gasteiger partial charge in [-0.05, 0) is 57.2 Å². The molecule has 0 bridgehead atoms. The van der Waals surface area contributed by atoms with Crippen LogP contribution in [0, 0.1) is 0 Å². The lowest BCUT2D eigenvalue weighted by molar-refractivity contribution is -0.130. The lowest BCUT2D eigenvalue weighted by atomic mass is 10.1. The minimum Gasteiger partial charge on any atom is -0.496 e. The van der Waals surface area contributed by atoms with Crippen LogP contribution in [-0.4, -0.2) is 95.4 Å². The Balaban J connectivity index is 0.000000217. The smallest absolute Gasteiger partial charge is 0.408 e. The molecular weight excluding hydrogens is 548 g/mol. The number of carbonyl (C=O) groups excluding carboxylic acids is 2. The summed E-state index contributed by atoms with van der Waals surface area (Å²) < 4.78 is 10.6. The summed E-state index contributed by atoms with van der Waals surface area (Å²) >= 11 is 0. The SMILES string of the molecule is COc1cccc2ccc(N3CCN(C(=O)CNC(=O)OC(C)(C)C)CC3)cc12.c1nc(N2CCCC2)c2[nH]cnc2n1. The van der Waals surface area contributed by atoms with Crippen LogP contribution in [0.25, 0.3) is 21.9 Å². The highest BCUT2D eigenvalue weighted by atomic mass is 16.6. The number of fused-ring (bicyclic) bond motifs is 2. The van der Waals surface area contributed by atoms with Crippen molar-refractivity contribution in [3.63, 3.8) is 0 Å². The Bertz CT molecular complexity index is 1550. The summed E-state index contributed by atoms with van der Waals surface area (Å²) in [6.45, 7) is 10.2. The maximum Gasteiger partial charge on any atom is 0.408 e. The minimum atomic E-state index is -0.582. The first-order valence-electron chi connectivity index (χ1n) is 14.7. The Morgan fingerprint density at radius 2 is 1.72 bits per heavy atom. The van der Waals surface area contributed by atoms with Gasteiger partial charge in [-0.2, -0.15) is 0 Å². The van der Waals surface area contributed by atoms with E-state index in [2.05, 4.69) is 59.3 Å². The van der Waals surface area contributed by atoms with E-state index in [1.165, 1.54) is 12.8 Å². The molecule has 2 fully saturated rings. The Morgan fingerprint density at radius 1 is 0.953 bits per heavy atom. The predicted molar refractivity (Wildman–Crippen MR) is 167 cm³/mol. The predicted octanol–water partition coefficient (Wildman–Crippen LogP) is 3.97. The van der Waals surface area contributed by atoms with Gasteiger partial charge in [-0.3, -0.25) is 4.79 Å². The number of alkyl carbamates (subject to hydrolysis) is 1. The van der Waals surface area contributed by atoms with Crippen molar-refractivity contribution < 1.29 is 19.1 Å². The van der Waals surface area contributed by atoms with E-state index >= 15 is 0 Å². The van der Waals surface area contributed by atoms with E-state index in [-0.39, 0.29) is 12.5 Å². The molecule has 2 aliphatic rings. The molecular formula is C31H40N8O4. The van der Waals surface area contributed by atoms with Gasteiger partial charge in [0.2, 0.25) is 5.91 Å². The summed E-state index contributed by atoms with van der Waals surface area (Å²) in [5.74, 6) is 1.74. The van der Waals surface area contributed by atoms with Crippen molar-refractivity contribution in [2.45, 2.75) is 39.2 Å². The van der Waals surface area contributed by atoms with Gasteiger partial charge in [0.1, 0.15) is 29.7 Å². The standard InChI is InChI=1S/C22H29N3O4.C9H11N5/c1-22(2,3)29-21(27)23-15-20(26)25-12-10-24(11-13-25)17-9-8-16-6-5-7-19(28-4)18(16)14-17;1-2-4-14(3-1)9-7-8(11-5-10-7)12-6-13-9/h5-9,14H,10-13,15H2,1-4H3,(H,23,27);5-6H,1-4H2,(H,10,11,12,13). The second-order valence-electron chi connectivity index (χ2n) is 11.6. The number of hydrogen-bond donors (Lipinski definition) is 2. The van der Waals surface area contributed by atoms with E-state index in [0.29, 0.717) is 13.1 Å². The van der Waals surface area contributed by atoms with E-state index < -0.39 is 11.7 Å². The molecule has 2 N–H and O–H groups in total. The van der Waals surface area contributed by atoms with Crippen LogP contribution in [0.15, 0.2) is 49.1 Å². The van der Waals surface area contributed by atoms with Crippen molar-refractivity contribution in [2.75, 3.05) is 62.7 Å². The zero-order chi connectivity index (χ0) is 30.4. The molecule has 0 aliphatic carbocycles. The number of ether oxygens (including phenoxy) is 2. The van der Waals surface area contributed by atoms with Crippen molar-refractivity contribution in [3.05, 3.63) is 49.1 Å². The van der Waals surface area contributed by atoms with Gasteiger partial charge in [-0.1, -0.05) is 18.2 Å². The second kappa shape index (κ2) is 13.1. The maximum atomic E-state index is 12.4. The third kappa shape index (κ3) is 7.43. The van der Waals surface area contributed by atoms with Gasteiger partial charge in [0.25, 0.3) is 0 Å². The molecule has 12 nitrogen and oxygen atoms in total. The summed E-state index contributed by atoms with van der Waals surface area (Å²) in [5.41, 5.74) is 2.23. The first-order chi connectivity index (χ1) is 20.7. The molecule has 0 spiro atoms. The molecule has 2 aromatic carbocycles. The van der Waals surface area contributed by atoms with Crippen LogP contribution in [0.5, 0.6) is 5.75 Å².